The predicted octanol–water partition coefficient (Wildman–Crippen LogP) is 5.07. The van der Waals surface area contributed by atoms with Gasteiger partial charge in [0.05, 0.1) is 20.7 Å². The summed E-state index contributed by atoms with van der Waals surface area (Å²) in [6, 6.07) is 9.22. The van der Waals surface area contributed by atoms with E-state index in [0.29, 0.717) is 17.9 Å². The van der Waals surface area contributed by atoms with E-state index in [0.717, 1.165) is 0 Å². The molecule has 1 aromatic carbocycles. The minimum absolute atomic E-state index is 0.121. The Morgan fingerprint density at radius 3 is 2.35 bits per heavy atom. The molecular weight excluding hydrogens is 362 g/mol. The van der Waals surface area contributed by atoms with Gasteiger partial charge in [-0.25, -0.2) is 8.57 Å². The van der Waals surface area contributed by atoms with Crippen LogP contribution in [-0.2, 0) is 14.2 Å². The van der Waals surface area contributed by atoms with Gasteiger partial charge in [-0.05, 0) is 36.7 Å². The molecule has 0 amide bonds. The SMILES string of the molecule is CN=[S@@](=O)(/C=C\[C@@H](C)[C@@H](O)CCO[Si](C)(C)C(C)(C)C)c1ccccc1. The number of nitrogens with zero attached hydrogens (tertiary/aromatic N) is 1. The molecule has 0 spiro atoms. The van der Waals surface area contributed by atoms with Crippen molar-refractivity contribution in [2.75, 3.05) is 13.7 Å². The van der Waals surface area contributed by atoms with Crippen molar-refractivity contribution in [1.82, 2.24) is 0 Å². The first-order valence-electron chi connectivity index (χ1n) is 9.13. The number of hydrogen-bond acceptors (Lipinski definition) is 4. The minimum Gasteiger partial charge on any atom is -0.417 e. The highest BCUT2D eigenvalue weighted by molar-refractivity contribution is 7.96. The van der Waals surface area contributed by atoms with Crippen molar-refractivity contribution < 1.29 is 13.7 Å². The molecule has 0 bridgehead atoms. The molecule has 0 saturated heterocycles. The fraction of sp³-hybridized carbons (Fsp3) is 0.600. The van der Waals surface area contributed by atoms with E-state index < -0.39 is 24.2 Å². The molecule has 0 unspecified atom stereocenters. The number of hydrogen-bond donors (Lipinski definition) is 1. The Morgan fingerprint density at radius 1 is 1.27 bits per heavy atom. The van der Waals surface area contributed by atoms with Crippen molar-refractivity contribution in [1.29, 1.82) is 0 Å². The lowest BCUT2D eigenvalue weighted by Gasteiger charge is -2.36. The molecule has 1 N–H and O–H groups in total. The van der Waals surface area contributed by atoms with Gasteiger partial charge in [0.2, 0.25) is 0 Å². The summed E-state index contributed by atoms with van der Waals surface area (Å²) in [5, 5.41) is 12.2. The number of benzene rings is 1. The maximum absolute atomic E-state index is 13.0. The van der Waals surface area contributed by atoms with Crippen molar-refractivity contribution in [2.45, 2.75) is 63.2 Å². The van der Waals surface area contributed by atoms with E-state index in [2.05, 4.69) is 38.2 Å². The van der Waals surface area contributed by atoms with Gasteiger partial charge in [-0.2, -0.15) is 0 Å². The lowest BCUT2D eigenvalue weighted by Crippen LogP contribution is -2.41. The molecule has 3 atom stereocenters. The van der Waals surface area contributed by atoms with Gasteiger partial charge >= 0.3 is 0 Å². The molecule has 0 radical (unpaired) electrons. The van der Waals surface area contributed by atoms with Crippen LogP contribution in [0.15, 0.2) is 51.1 Å². The molecule has 0 aliphatic heterocycles. The Hall–Kier alpha value is -0.953. The molecule has 0 fully saturated rings. The average molecular weight is 398 g/mol. The van der Waals surface area contributed by atoms with Gasteiger partial charge in [0.25, 0.3) is 0 Å². The third-order valence-electron chi connectivity index (χ3n) is 5.21. The van der Waals surface area contributed by atoms with Crippen LogP contribution in [0.3, 0.4) is 0 Å². The number of rotatable bonds is 8. The van der Waals surface area contributed by atoms with Gasteiger partial charge in [-0.1, -0.05) is 52.0 Å². The van der Waals surface area contributed by atoms with E-state index in [4.69, 9.17) is 4.43 Å². The van der Waals surface area contributed by atoms with Crippen LogP contribution in [0.25, 0.3) is 0 Å². The molecular formula is C20H35NO3SSi. The topological polar surface area (TPSA) is 58.9 Å². The zero-order valence-electron chi connectivity index (χ0n) is 17.2. The van der Waals surface area contributed by atoms with Crippen LogP contribution in [0.4, 0.5) is 0 Å². The number of aliphatic hydroxyl groups excluding tert-OH is 1. The summed E-state index contributed by atoms with van der Waals surface area (Å²) in [4.78, 5) is 0.682. The molecule has 6 heteroatoms. The highest BCUT2D eigenvalue weighted by Gasteiger charge is 2.37. The van der Waals surface area contributed by atoms with Gasteiger partial charge in [0.15, 0.2) is 8.32 Å². The molecule has 0 saturated carbocycles. The van der Waals surface area contributed by atoms with E-state index in [1.54, 1.807) is 18.5 Å². The van der Waals surface area contributed by atoms with Gasteiger partial charge < -0.3 is 9.53 Å². The highest BCUT2D eigenvalue weighted by atomic mass is 32.2. The maximum Gasteiger partial charge on any atom is 0.191 e. The molecule has 148 valence electrons. The van der Waals surface area contributed by atoms with Crippen LogP contribution in [0.2, 0.25) is 18.1 Å². The smallest absolute Gasteiger partial charge is 0.191 e. The zero-order valence-corrected chi connectivity index (χ0v) is 19.0. The van der Waals surface area contributed by atoms with Crippen LogP contribution in [0, 0.1) is 5.92 Å². The lowest BCUT2D eigenvalue weighted by atomic mass is 10.0. The standard InChI is InChI=1S/C20H35NO3SSi/c1-17(19(22)13-15-24-26(6,7)20(2,3)4)14-16-25(23,21-5)18-11-9-8-10-12-18/h8-12,14,16-17,19,22H,13,15H2,1-7H3/b16-14-/t17-,19+,25-/m1/s1. The summed E-state index contributed by atoms with van der Waals surface area (Å²) < 4.78 is 23.2. The lowest BCUT2D eigenvalue weighted by molar-refractivity contribution is 0.105. The first-order chi connectivity index (χ1) is 11.9. The van der Waals surface area contributed by atoms with E-state index >= 15 is 0 Å². The molecule has 26 heavy (non-hydrogen) atoms. The van der Waals surface area contributed by atoms with Gasteiger partial charge in [-0.3, -0.25) is 0 Å². The van der Waals surface area contributed by atoms with Crippen molar-refractivity contribution in [3.05, 3.63) is 41.8 Å². The van der Waals surface area contributed by atoms with E-state index in [-0.39, 0.29) is 11.0 Å². The second-order valence-corrected chi connectivity index (χ2v) is 15.3. The second-order valence-electron chi connectivity index (χ2n) is 8.22. The third-order valence-corrected chi connectivity index (χ3v) is 11.8. The molecule has 4 nitrogen and oxygen atoms in total. The normalized spacial score (nSPS) is 17.7. The highest BCUT2D eigenvalue weighted by Crippen LogP contribution is 2.36. The van der Waals surface area contributed by atoms with E-state index in [1.807, 2.05) is 37.3 Å². The monoisotopic (exact) mass is 397 g/mol. The first-order valence-corrected chi connectivity index (χ1v) is 13.6. The minimum atomic E-state index is -2.59. The summed E-state index contributed by atoms with van der Waals surface area (Å²) >= 11 is 0. The van der Waals surface area contributed by atoms with Crippen LogP contribution >= 0.6 is 0 Å². The fourth-order valence-corrected chi connectivity index (χ4v) is 4.69. The molecule has 0 aliphatic carbocycles. The van der Waals surface area contributed by atoms with Gasteiger partial charge in [-0.15, -0.1) is 0 Å². The number of aliphatic hydroxyl groups is 1. The van der Waals surface area contributed by atoms with Crippen molar-refractivity contribution in [3.8, 4) is 0 Å². The van der Waals surface area contributed by atoms with E-state index in [1.165, 1.54) is 0 Å². The van der Waals surface area contributed by atoms with Crippen LogP contribution in [0.5, 0.6) is 0 Å². The van der Waals surface area contributed by atoms with Crippen LogP contribution in [0.1, 0.15) is 34.1 Å². The van der Waals surface area contributed by atoms with Crippen LogP contribution in [-0.4, -0.2) is 37.4 Å². The average Bonchev–Trinajstić information content (AvgIpc) is 2.58. The van der Waals surface area contributed by atoms with Gasteiger partial charge in [0.1, 0.15) is 0 Å². The predicted molar refractivity (Wildman–Crippen MR) is 113 cm³/mol. The van der Waals surface area contributed by atoms with Crippen molar-refractivity contribution >= 4 is 18.0 Å². The molecule has 0 aliphatic rings. The quantitative estimate of drug-likeness (QED) is 0.623. The maximum atomic E-state index is 13.0. The van der Waals surface area contributed by atoms with E-state index in [9.17, 15) is 9.32 Å². The third kappa shape index (κ3) is 6.34. The Kier molecular flexibility index (Phi) is 8.26. The summed E-state index contributed by atoms with van der Waals surface area (Å²) in [5.41, 5.74) is 0. The Labute approximate surface area is 161 Å². The van der Waals surface area contributed by atoms with Crippen LogP contribution < -0.4 is 0 Å². The van der Waals surface area contributed by atoms with Crippen molar-refractivity contribution in [3.63, 3.8) is 0 Å². The summed E-state index contributed by atoms with van der Waals surface area (Å²) in [5.74, 6) is -0.121. The Bertz CT molecular complexity index is 702. The molecule has 1 rings (SSSR count). The van der Waals surface area contributed by atoms with Crippen molar-refractivity contribution in [2.24, 2.45) is 10.3 Å². The molecule has 0 heterocycles. The largest absolute Gasteiger partial charge is 0.417 e. The second kappa shape index (κ2) is 9.31. The summed E-state index contributed by atoms with van der Waals surface area (Å²) in [6.07, 6.45) is 1.83. The summed E-state index contributed by atoms with van der Waals surface area (Å²) in [7, 11) is -2.82. The fourth-order valence-electron chi connectivity index (χ4n) is 2.13. The molecule has 0 aromatic heterocycles. The first kappa shape index (κ1) is 23.1. The molecule has 1 aromatic rings. The van der Waals surface area contributed by atoms with Gasteiger partial charge in [0, 0.05) is 25.0 Å². The zero-order chi connectivity index (χ0) is 20.0. The Balaban J connectivity index is 2.68. The summed E-state index contributed by atoms with van der Waals surface area (Å²) in [6.45, 7) is 13.5. The Morgan fingerprint density at radius 2 is 1.85 bits per heavy atom.